The highest BCUT2D eigenvalue weighted by molar-refractivity contribution is 5.68. The molecule has 7 nitrogen and oxygen atoms in total. The lowest BCUT2D eigenvalue weighted by atomic mass is 10.1. The molecule has 3 aromatic rings. The zero-order chi connectivity index (χ0) is 19.2. The van der Waals surface area contributed by atoms with E-state index in [4.69, 9.17) is 20.0 Å². The SMILES string of the molecule is CCOC(=O)Oc1cc(-c2cccc(C#N)c2)n(-c2cccc(C#N)c2)n1. The van der Waals surface area contributed by atoms with Crippen LogP contribution in [0, 0.1) is 22.7 Å². The number of carbonyl (C=O) groups is 1. The maximum Gasteiger partial charge on any atom is 0.515 e. The van der Waals surface area contributed by atoms with E-state index in [-0.39, 0.29) is 12.5 Å². The molecule has 0 aliphatic heterocycles. The number of benzene rings is 2. The van der Waals surface area contributed by atoms with E-state index < -0.39 is 6.16 Å². The van der Waals surface area contributed by atoms with Gasteiger partial charge in [0.25, 0.3) is 0 Å². The lowest BCUT2D eigenvalue weighted by molar-refractivity contribution is 0.102. The lowest BCUT2D eigenvalue weighted by Crippen LogP contribution is -2.10. The summed E-state index contributed by atoms with van der Waals surface area (Å²) in [7, 11) is 0. The topological polar surface area (TPSA) is 101 Å². The number of aromatic nitrogens is 2. The maximum atomic E-state index is 11.6. The Morgan fingerprint density at radius 2 is 1.78 bits per heavy atom. The quantitative estimate of drug-likeness (QED) is 0.657. The molecule has 27 heavy (non-hydrogen) atoms. The Bertz CT molecular complexity index is 998. The molecule has 0 N–H and O–H groups in total. The van der Waals surface area contributed by atoms with Crippen molar-refractivity contribution >= 4 is 6.16 Å². The number of ether oxygens (including phenoxy) is 2. The lowest BCUT2D eigenvalue weighted by Gasteiger charge is -2.08. The van der Waals surface area contributed by atoms with Crippen LogP contribution in [0.3, 0.4) is 0 Å². The summed E-state index contributed by atoms with van der Waals surface area (Å²) in [6, 6.07) is 19.6. The van der Waals surface area contributed by atoms with Gasteiger partial charge >= 0.3 is 6.16 Å². The number of rotatable bonds is 4. The summed E-state index contributed by atoms with van der Waals surface area (Å²) < 4.78 is 11.4. The fourth-order valence-electron chi connectivity index (χ4n) is 2.50. The molecule has 0 fully saturated rings. The number of carbonyl (C=O) groups excluding carboxylic acids is 1. The van der Waals surface area contributed by atoms with E-state index in [9.17, 15) is 4.79 Å². The van der Waals surface area contributed by atoms with Crippen LogP contribution in [0.4, 0.5) is 4.79 Å². The molecule has 132 valence electrons. The monoisotopic (exact) mass is 358 g/mol. The van der Waals surface area contributed by atoms with Gasteiger partial charge in [-0.2, -0.15) is 10.5 Å². The highest BCUT2D eigenvalue weighted by atomic mass is 16.7. The van der Waals surface area contributed by atoms with Crippen molar-refractivity contribution in [3.63, 3.8) is 0 Å². The van der Waals surface area contributed by atoms with Crippen LogP contribution in [0.15, 0.2) is 54.6 Å². The van der Waals surface area contributed by atoms with Gasteiger partial charge in [-0.25, -0.2) is 9.48 Å². The van der Waals surface area contributed by atoms with Crippen molar-refractivity contribution in [3.05, 3.63) is 65.7 Å². The van der Waals surface area contributed by atoms with Crippen LogP contribution in [-0.2, 0) is 4.74 Å². The molecular formula is C20H14N4O3. The van der Waals surface area contributed by atoms with E-state index in [1.54, 1.807) is 60.1 Å². The number of hydrogen-bond donors (Lipinski definition) is 0. The van der Waals surface area contributed by atoms with E-state index in [0.717, 1.165) is 0 Å². The Kier molecular flexibility index (Phi) is 5.15. The van der Waals surface area contributed by atoms with Crippen LogP contribution < -0.4 is 4.74 Å². The zero-order valence-electron chi connectivity index (χ0n) is 14.4. The first kappa shape index (κ1) is 17.7. The highest BCUT2D eigenvalue weighted by Crippen LogP contribution is 2.28. The van der Waals surface area contributed by atoms with Crippen molar-refractivity contribution in [3.8, 4) is 35.0 Å². The van der Waals surface area contributed by atoms with Gasteiger partial charge in [0.15, 0.2) is 0 Å². The normalized spacial score (nSPS) is 9.89. The molecule has 0 saturated carbocycles. The van der Waals surface area contributed by atoms with Crippen LogP contribution in [0.5, 0.6) is 5.88 Å². The Morgan fingerprint density at radius 3 is 2.48 bits per heavy atom. The van der Waals surface area contributed by atoms with Crippen LogP contribution in [0.2, 0.25) is 0 Å². The minimum atomic E-state index is -0.856. The van der Waals surface area contributed by atoms with Gasteiger partial charge < -0.3 is 9.47 Å². The molecule has 0 saturated heterocycles. The molecular weight excluding hydrogens is 344 g/mol. The molecule has 2 aromatic carbocycles. The first-order valence-electron chi connectivity index (χ1n) is 8.10. The second-order valence-electron chi connectivity index (χ2n) is 5.42. The zero-order valence-corrected chi connectivity index (χ0v) is 14.4. The van der Waals surface area contributed by atoms with Crippen LogP contribution >= 0.6 is 0 Å². The second-order valence-corrected chi connectivity index (χ2v) is 5.42. The third-order valence-corrected chi connectivity index (χ3v) is 3.64. The van der Waals surface area contributed by atoms with Crippen molar-refractivity contribution < 1.29 is 14.3 Å². The van der Waals surface area contributed by atoms with Gasteiger partial charge in [0, 0.05) is 11.6 Å². The molecule has 0 aliphatic rings. The molecule has 3 rings (SSSR count). The first-order chi connectivity index (χ1) is 13.1. The summed E-state index contributed by atoms with van der Waals surface area (Å²) in [4.78, 5) is 11.6. The van der Waals surface area contributed by atoms with Gasteiger partial charge in [0.2, 0.25) is 5.88 Å². The van der Waals surface area contributed by atoms with Gasteiger partial charge in [0.05, 0.1) is 41.3 Å². The second kappa shape index (κ2) is 7.85. The number of nitrogens with zero attached hydrogens (tertiary/aromatic N) is 4. The van der Waals surface area contributed by atoms with Crippen LogP contribution in [-0.4, -0.2) is 22.5 Å². The number of nitriles is 2. The van der Waals surface area contributed by atoms with Gasteiger partial charge in [-0.05, 0) is 37.3 Å². The summed E-state index contributed by atoms with van der Waals surface area (Å²) in [5, 5.41) is 22.6. The largest absolute Gasteiger partial charge is 0.515 e. The predicted molar refractivity (Wildman–Crippen MR) is 96.1 cm³/mol. The summed E-state index contributed by atoms with van der Waals surface area (Å²) in [6.07, 6.45) is -0.856. The van der Waals surface area contributed by atoms with Gasteiger partial charge in [-0.3, -0.25) is 0 Å². The van der Waals surface area contributed by atoms with Crippen molar-refractivity contribution in [1.29, 1.82) is 10.5 Å². The fourth-order valence-corrected chi connectivity index (χ4v) is 2.50. The Morgan fingerprint density at radius 1 is 1.07 bits per heavy atom. The smallest absolute Gasteiger partial charge is 0.434 e. The van der Waals surface area contributed by atoms with Crippen molar-refractivity contribution in [2.75, 3.05) is 6.61 Å². The summed E-state index contributed by atoms with van der Waals surface area (Å²) in [5.74, 6) is 0.0492. The molecule has 1 aromatic heterocycles. The third-order valence-electron chi connectivity index (χ3n) is 3.64. The van der Waals surface area contributed by atoms with Crippen LogP contribution in [0.25, 0.3) is 16.9 Å². The van der Waals surface area contributed by atoms with E-state index in [2.05, 4.69) is 17.2 Å². The summed E-state index contributed by atoms with van der Waals surface area (Å²) in [6.45, 7) is 1.85. The van der Waals surface area contributed by atoms with E-state index in [1.807, 2.05) is 6.07 Å². The Hall–Kier alpha value is -4.10. The van der Waals surface area contributed by atoms with E-state index in [0.29, 0.717) is 28.1 Å². The highest BCUT2D eigenvalue weighted by Gasteiger charge is 2.16. The standard InChI is InChI=1S/C20H14N4O3/c1-2-26-20(25)27-19-11-18(16-7-3-5-14(9-16)12-21)24(23-19)17-8-4-6-15(10-17)13-22/h3-11H,2H2,1H3. The van der Waals surface area contributed by atoms with E-state index in [1.165, 1.54) is 0 Å². The molecule has 0 amide bonds. The molecule has 0 unspecified atom stereocenters. The minimum Gasteiger partial charge on any atom is -0.434 e. The average molecular weight is 358 g/mol. The third kappa shape index (κ3) is 3.94. The predicted octanol–water partition coefficient (Wildman–Crippen LogP) is 3.82. The molecule has 0 bridgehead atoms. The summed E-state index contributed by atoms with van der Waals surface area (Å²) in [5.41, 5.74) is 2.88. The van der Waals surface area contributed by atoms with Gasteiger partial charge in [-0.1, -0.05) is 18.2 Å². The first-order valence-corrected chi connectivity index (χ1v) is 8.10. The Balaban J connectivity index is 2.11. The maximum absolute atomic E-state index is 11.6. The number of hydrogen-bond acceptors (Lipinski definition) is 6. The summed E-state index contributed by atoms with van der Waals surface area (Å²) >= 11 is 0. The van der Waals surface area contributed by atoms with Crippen LogP contribution in [0.1, 0.15) is 18.1 Å². The fraction of sp³-hybridized carbons (Fsp3) is 0.100. The molecule has 0 atom stereocenters. The van der Waals surface area contributed by atoms with Gasteiger partial charge in [-0.15, -0.1) is 5.10 Å². The van der Waals surface area contributed by atoms with Crippen molar-refractivity contribution in [2.45, 2.75) is 6.92 Å². The minimum absolute atomic E-state index is 0.0492. The van der Waals surface area contributed by atoms with Crippen molar-refractivity contribution in [2.24, 2.45) is 0 Å². The average Bonchev–Trinajstić information content (AvgIpc) is 3.12. The molecule has 0 aliphatic carbocycles. The molecule has 7 heteroatoms. The van der Waals surface area contributed by atoms with Gasteiger partial charge in [0.1, 0.15) is 0 Å². The molecule has 0 radical (unpaired) electrons. The van der Waals surface area contributed by atoms with E-state index >= 15 is 0 Å². The van der Waals surface area contributed by atoms with Crippen molar-refractivity contribution in [1.82, 2.24) is 9.78 Å². The molecule has 1 heterocycles. The molecule has 0 spiro atoms. The Labute approximate surface area is 155 Å².